The molecule has 0 fully saturated rings. The Labute approximate surface area is 136 Å². The number of hydrogen-bond donors (Lipinski definition) is 1. The number of hydrogen-bond acceptors (Lipinski definition) is 3. The number of esters is 1. The predicted molar refractivity (Wildman–Crippen MR) is 89.3 cm³/mol. The van der Waals surface area contributed by atoms with Crippen molar-refractivity contribution in [3.8, 4) is 5.75 Å². The number of carboxylic acids is 1. The Bertz CT molecular complexity index is 706. The van der Waals surface area contributed by atoms with E-state index >= 15 is 0 Å². The molecule has 0 spiro atoms. The van der Waals surface area contributed by atoms with Gasteiger partial charge in [0.2, 0.25) is 0 Å². The van der Waals surface area contributed by atoms with Crippen molar-refractivity contribution in [2.45, 2.75) is 23.7 Å². The predicted octanol–water partition coefficient (Wildman–Crippen LogP) is 4.05. The highest BCUT2D eigenvalue weighted by Crippen LogP contribution is 2.27. The van der Waals surface area contributed by atoms with Crippen LogP contribution in [0.2, 0.25) is 0 Å². The third kappa shape index (κ3) is 3.53. The lowest BCUT2D eigenvalue weighted by Gasteiger charge is -2.18. The Morgan fingerprint density at radius 1 is 1.19 bits per heavy atom. The minimum atomic E-state index is -0.962. The Morgan fingerprint density at radius 2 is 1.81 bits per heavy atom. The lowest BCUT2D eigenvalue weighted by Crippen LogP contribution is -2.31. The van der Waals surface area contributed by atoms with Crippen LogP contribution in [0, 0.1) is 0 Å². The summed E-state index contributed by atoms with van der Waals surface area (Å²) in [6.07, 6.45) is 0.682. The van der Waals surface area contributed by atoms with Crippen LogP contribution in [0.5, 0.6) is 5.75 Å². The van der Waals surface area contributed by atoms with E-state index in [9.17, 15) is 9.59 Å². The summed E-state index contributed by atoms with van der Waals surface area (Å²) >= 11 is 2.08. The highest BCUT2D eigenvalue weighted by molar-refractivity contribution is 14.1. The third-order valence-corrected chi connectivity index (χ3v) is 4.56. The van der Waals surface area contributed by atoms with Gasteiger partial charge >= 0.3 is 11.9 Å². The second-order valence-corrected chi connectivity index (χ2v) is 7.35. The zero-order valence-corrected chi connectivity index (χ0v) is 13.9. The highest BCUT2D eigenvalue weighted by atomic mass is 127. The number of rotatable bonds is 4. The Hall–Kier alpha value is -1.63. The smallest absolute Gasteiger partial charge is 0.335 e. The van der Waals surface area contributed by atoms with Crippen LogP contribution in [-0.2, 0) is 4.79 Å². The summed E-state index contributed by atoms with van der Waals surface area (Å²) in [5, 5.41) is 10.6. The first-order valence-corrected chi connectivity index (χ1v) is 7.59. The van der Waals surface area contributed by atoms with Gasteiger partial charge in [0.15, 0.2) is 0 Å². The molecule has 1 atom stereocenters. The molecule has 2 aromatic rings. The average molecular weight is 398 g/mol. The van der Waals surface area contributed by atoms with Gasteiger partial charge in [0.1, 0.15) is 9.17 Å². The molecule has 4 nitrogen and oxygen atoms in total. The fourth-order valence-electron chi connectivity index (χ4n) is 1.78. The van der Waals surface area contributed by atoms with E-state index in [1.807, 2.05) is 13.8 Å². The molecule has 0 aromatic heterocycles. The molecule has 0 aliphatic heterocycles. The standard InChI is InChI=1S/C16H15IO4/c1-3-16(2,17)15(20)21-13-7-6-10-8-12(14(18)19)5-4-11(10)9-13/h4-9H,3H2,1-2H3,(H,18,19). The molecule has 5 heteroatoms. The number of carboxylic acid groups (broad SMARTS) is 1. The molecule has 0 radical (unpaired) electrons. The SMILES string of the molecule is CCC(C)(I)C(=O)Oc1ccc2cc(C(=O)O)ccc2c1. The lowest BCUT2D eigenvalue weighted by atomic mass is 10.1. The van der Waals surface area contributed by atoms with Crippen molar-refractivity contribution in [3.63, 3.8) is 0 Å². The summed E-state index contributed by atoms with van der Waals surface area (Å²) in [6.45, 7) is 3.76. The molecule has 0 saturated heterocycles. The van der Waals surface area contributed by atoms with Crippen molar-refractivity contribution in [2.75, 3.05) is 0 Å². The van der Waals surface area contributed by atoms with E-state index in [0.29, 0.717) is 12.2 Å². The van der Waals surface area contributed by atoms with Crippen LogP contribution in [0.4, 0.5) is 0 Å². The van der Waals surface area contributed by atoms with Crippen LogP contribution in [0.3, 0.4) is 0 Å². The maximum absolute atomic E-state index is 12.0. The van der Waals surface area contributed by atoms with Crippen molar-refractivity contribution in [1.82, 2.24) is 0 Å². The lowest BCUT2D eigenvalue weighted by molar-refractivity contribution is -0.136. The second kappa shape index (κ2) is 6.01. The fraction of sp³-hybridized carbons (Fsp3) is 0.250. The third-order valence-electron chi connectivity index (χ3n) is 3.36. The second-order valence-electron chi connectivity index (χ2n) is 4.97. The maximum atomic E-state index is 12.0. The van der Waals surface area contributed by atoms with Gasteiger partial charge in [-0.15, -0.1) is 0 Å². The molecule has 21 heavy (non-hydrogen) atoms. The molecule has 1 N–H and O–H groups in total. The molecule has 0 aliphatic rings. The van der Waals surface area contributed by atoms with E-state index in [4.69, 9.17) is 9.84 Å². The van der Waals surface area contributed by atoms with Gasteiger partial charge in [0.25, 0.3) is 0 Å². The van der Waals surface area contributed by atoms with Crippen LogP contribution < -0.4 is 4.74 Å². The summed E-state index contributed by atoms with van der Waals surface area (Å²) < 4.78 is 4.84. The van der Waals surface area contributed by atoms with E-state index in [0.717, 1.165) is 10.8 Å². The maximum Gasteiger partial charge on any atom is 0.335 e. The zero-order chi connectivity index (χ0) is 15.6. The quantitative estimate of drug-likeness (QED) is 0.365. The minimum Gasteiger partial charge on any atom is -0.478 e. The van der Waals surface area contributed by atoms with Gasteiger partial charge < -0.3 is 9.84 Å². The molecule has 2 rings (SSSR count). The summed E-state index contributed by atoms with van der Waals surface area (Å²) in [5.41, 5.74) is 0.234. The van der Waals surface area contributed by atoms with E-state index in [-0.39, 0.29) is 11.5 Å². The first-order chi connectivity index (χ1) is 9.83. The molecule has 0 aliphatic carbocycles. The topological polar surface area (TPSA) is 63.6 Å². The summed E-state index contributed by atoms with van der Waals surface area (Å²) in [7, 11) is 0. The Morgan fingerprint density at radius 3 is 2.43 bits per heavy atom. The van der Waals surface area contributed by atoms with Gasteiger partial charge in [0.05, 0.1) is 5.56 Å². The van der Waals surface area contributed by atoms with Gasteiger partial charge in [-0.3, -0.25) is 4.79 Å². The number of fused-ring (bicyclic) bond motifs is 1. The number of ether oxygens (including phenoxy) is 1. The van der Waals surface area contributed by atoms with Crippen molar-refractivity contribution >= 4 is 45.3 Å². The molecule has 0 heterocycles. The van der Waals surface area contributed by atoms with Crippen molar-refractivity contribution in [3.05, 3.63) is 42.0 Å². The van der Waals surface area contributed by atoms with Crippen molar-refractivity contribution in [1.29, 1.82) is 0 Å². The molecular formula is C16H15IO4. The van der Waals surface area contributed by atoms with Crippen molar-refractivity contribution in [2.24, 2.45) is 0 Å². The van der Waals surface area contributed by atoms with Gasteiger partial charge in [0, 0.05) is 0 Å². The van der Waals surface area contributed by atoms with Crippen molar-refractivity contribution < 1.29 is 19.4 Å². The minimum absolute atomic E-state index is 0.234. The summed E-state index contributed by atoms with van der Waals surface area (Å²) in [4.78, 5) is 23.0. The summed E-state index contributed by atoms with van der Waals surface area (Å²) in [6, 6.07) is 10.00. The molecule has 2 aromatic carbocycles. The first kappa shape index (κ1) is 15.8. The molecular weight excluding hydrogens is 383 g/mol. The number of benzene rings is 2. The number of aromatic carboxylic acids is 1. The highest BCUT2D eigenvalue weighted by Gasteiger charge is 2.29. The number of halogens is 1. The summed E-state index contributed by atoms with van der Waals surface area (Å²) in [5.74, 6) is -0.782. The number of carbonyl (C=O) groups excluding carboxylic acids is 1. The van der Waals surface area contributed by atoms with Crippen LogP contribution >= 0.6 is 22.6 Å². The van der Waals surface area contributed by atoms with E-state index < -0.39 is 9.39 Å². The molecule has 0 amide bonds. The van der Waals surface area contributed by atoms with Crippen LogP contribution in [-0.4, -0.2) is 20.5 Å². The van der Waals surface area contributed by atoms with E-state index in [2.05, 4.69) is 22.6 Å². The molecule has 0 saturated carbocycles. The zero-order valence-electron chi connectivity index (χ0n) is 11.7. The largest absolute Gasteiger partial charge is 0.478 e. The normalized spacial score (nSPS) is 13.7. The van der Waals surface area contributed by atoms with Gasteiger partial charge in [-0.25, -0.2) is 4.79 Å². The molecule has 0 bridgehead atoms. The van der Waals surface area contributed by atoms with E-state index in [1.54, 1.807) is 30.3 Å². The monoisotopic (exact) mass is 398 g/mol. The van der Waals surface area contributed by atoms with Crippen LogP contribution in [0.15, 0.2) is 36.4 Å². The fourth-order valence-corrected chi connectivity index (χ4v) is 1.89. The van der Waals surface area contributed by atoms with Crippen LogP contribution in [0.25, 0.3) is 10.8 Å². The molecule has 1 unspecified atom stereocenters. The van der Waals surface area contributed by atoms with E-state index in [1.165, 1.54) is 6.07 Å². The van der Waals surface area contributed by atoms with Gasteiger partial charge in [-0.2, -0.15) is 0 Å². The Kier molecular flexibility index (Phi) is 4.51. The average Bonchev–Trinajstić information content (AvgIpc) is 2.46. The van der Waals surface area contributed by atoms with Gasteiger partial charge in [-0.05, 0) is 48.4 Å². The molecule has 110 valence electrons. The first-order valence-electron chi connectivity index (χ1n) is 6.52. The van der Waals surface area contributed by atoms with Gasteiger partial charge in [-0.1, -0.05) is 41.6 Å². The van der Waals surface area contributed by atoms with Crippen LogP contribution in [0.1, 0.15) is 30.6 Å². The Balaban J connectivity index is 2.30. The number of carbonyl (C=O) groups is 2. The number of alkyl halides is 1.